The molecule has 0 aliphatic heterocycles. The molecule has 2 rings (SSSR count). The summed E-state index contributed by atoms with van der Waals surface area (Å²) in [5.41, 5.74) is 8.79. The topological polar surface area (TPSA) is 81.2 Å². The summed E-state index contributed by atoms with van der Waals surface area (Å²) in [5.74, 6) is 0. The van der Waals surface area contributed by atoms with Gasteiger partial charge in [0.25, 0.3) is 5.69 Å². The lowest BCUT2D eigenvalue weighted by molar-refractivity contribution is -0.384. The Morgan fingerprint density at radius 2 is 1.83 bits per heavy atom. The fourth-order valence-corrected chi connectivity index (χ4v) is 1.56. The highest BCUT2D eigenvalue weighted by atomic mass is 16.6. The number of non-ortho nitro benzene ring substituents is 1. The molecule has 92 valence electrons. The molecule has 0 radical (unpaired) electrons. The van der Waals surface area contributed by atoms with E-state index < -0.39 is 4.92 Å². The number of nitrogens with two attached hydrogens (primary N) is 1. The van der Waals surface area contributed by atoms with Gasteiger partial charge in [-0.25, -0.2) is 0 Å². The zero-order valence-corrected chi connectivity index (χ0v) is 9.88. The van der Waals surface area contributed by atoms with E-state index in [-0.39, 0.29) is 5.69 Å². The van der Waals surface area contributed by atoms with Crippen LogP contribution in [0.1, 0.15) is 5.56 Å². The van der Waals surface area contributed by atoms with Crippen molar-refractivity contribution in [3.8, 4) is 0 Å². The standard InChI is InChI=1S/C13H13N3O2/c1-9-2-4-10(5-3-9)15-13-8-11(16(17)18)6-7-12(13)14/h2-8,15H,14H2,1H3. The van der Waals surface area contributed by atoms with Crippen LogP contribution >= 0.6 is 0 Å². The van der Waals surface area contributed by atoms with Gasteiger partial charge in [0.05, 0.1) is 16.3 Å². The highest BCUT2D eigenvalue weighted by Crippen LogP contribution is 2.27. The molecule has 18 heavy (non-hydrogen) atoms. The summed E-state index contributed by atoms with van der Waals surface area (Å²) in [6, 6.07) is 12.0. The Morgan fingerprint density at radius 1 is 1.17 bits per heavy atom. The van der Waals surface area contributed by atoms with Crippen molar-refractivity contribution in [3.63, 3.8) is 0 Å². The molecule has 0 amide bonds. The second-order valence-electron chi connectivity index (χ2n) is 4.02. The van der Waals surface area contributed by atoms with Crippen LogP contribution in [-0.2, 0) is 0 Å². The zero-order valence-electron chi connectivity index (χ0n) is 9.88. The van der Waals surface area contributed by atoms with Gasteiger partial charge in [0.2, 0.25) is 0 Å². The zero-order chi connectivity index (χ0) is 13.1. The van der Waals surface area contributed by atoms with Crippen molar-refractivity contribution in [1.29, 1.82) is 0 Å². The van der Waals surface area contributed by atoms with Gasteiger partial charge in [-0.15, -0.1) is 0 Å². The number of aryl methyl sites for hydroxylation is 1. The van der Waals surface area contributed by atoms with Crippen LogP contribution in [-0.4, -0.2) is 4.92 Å². The first-order valence-corrected chi connectivity index (χ1v) is 5.44. The van der Waals surface area contributed by atoms with E-state index in [1.807, 2.05) is 31.2 Å². The molecule has 0 aliphatic rings. The van der Waals surface area contributed by atoms with Gasteiger partial charge in [-0.1, -0.05) is 17.7 Å². The smallest absolute Gasteiger partial charge is 0.271 e. The van der Waals surface area contributed by atoms with Crippen LogP contribution in [0.25, 0.3) is 0 Å². The highest BCUT2D eigenvalue weighted by Gasteiger charge is 2.09. The number of hydrogen-bond donors (Lipinski definition) is 2. The van der Waals surface area contributed by atoms with Crippen LogP contribution in [0, 0.1) is 17.0 Å². The van der Waals surface area contributed by atoms with Gasteiger partial charge in [0.1, 0.15) is 0 Å². The quantitative estimate of drug-likeness (QED) is 0.492. The number of benzene rings is 2. The van der Waals surface area contributed by atoms with E-state index in [2.05, 4.69) is 5.32 Å². The Labute approximate surface area is 104 Å². The summed E-state index contributed by atoms with van der Waals surface area (Å²) < 4.78 is 0. The minimum absolute atomic E-state index is 0.0128. The second-order valence-corrected chi connectivity index (χ2v) is 4.02. The summed E-state index contributed by atoms with van der Waals surface area (Å²) in [5, 5.41) is 13.8. The van der Waals surface area contributed by atoms with Gasteiger partial charge in [-0.3, -0.25) is 10.1 Å². The summed E-state index contributed by atoms with van der Waals surface area (Å²) in [6.07, 6.45) is 0. The first kappa shape index (κ1) is 11.9. The number of hydrogen-bond acceptors (Lipinski definition) is 4. The molecule has 5 heteroatoms. The lowest BCUT2D eigenvalue weighted by Crippen LogP contribution is -1.98. The third kappa shape index (κ3) is 2.57. The van der Waals surface area contributed by atoms with Crippen molar-refractivity contribution in [1.82, 2.24) is 0 Å². The molecule has 0 heterocycles. The summed E-state index contributed by atoms with van der Waals surface area (Å²) in [4.78, 5) is 10.3. The highest BCUT2D eigenvalue weighted by molar-refractivity contribution is 5.74. The number of nitrogen functional groups attached to an aromatic ring is 1. The molecule has 0 fully saturated rings. The maximum Gasteiger partial charge on any atom is 0.271 e. The van der Waals surface area contributed by atoms with E-state index in [1.54, 1.807) is 0 Å². The van der Waals surface area contributed by atoms with Crippen LogP contribution in [0.15, 0.2) is 42.5 Å². The average Bonchev–Trinajstić information content (AvgIpc) is 2.34. The number of nitro benzene ring substituents is 1. The van der Waals surface area contributed by atoms with E-state index in [4.69, 9.17) is 5.73 Å². The molecule has 0 aliphatic carbocycles. The predicted octanol–water partition coefficient (Wildman–Crippen LogP) is 3.23. The minimum Gasteiger partial charge on any atom is -0.397 e. The second kappa shape index (κ2) is 4.75. The van der Waals surface area contributed by atoms with Crippen LogP contribution in [0.5, 0.6) is 0 Å². The predicted molar refractivity (Wildman–Crippen MR) is 72.0 cm³/mol. The fraction of sp³-hybridized carbons (Fsp3) is 0.0769. The molecule has 0 saturated carbocycles. The van der Waals surface area contributed by atoms with Gasteiger partial charge >= 0.3 is 0 Å². The van der Waals surface area contributed by atoms with E-state index in [9.17, 15) is 10.1 Å². The summed E-state index contributed by atoms with van der Waals surface area (Å²) in [6.45, 7) is 1.99. The Bertz CT molecular complexity index is 579. The van der Waals surface area contributed by atoms with Crippen LogP contribution in [0.2, 0.25) is 0 Å². The molecule has 0 bridgehead atoms. The SMILES string of the molecule is Cc1ccc(Nc2cc([N+](=O)[O-])ccc2N)cc1. The third-order valence-corrected chi connectivity index (χ3v) is 2.58. The number of anilines is 3. The summed E-state index contributed by atoms with van der Waals surface area (Å²) in [7, 11) is 0. The van der Waals surface area contributed by atoms with Crippen LogP contribution in [0.3, 0.4) is 0 Å². The van der Waals surface area contributed by atoms with Gasteiger partial charge in [-0.2, -0.15) is 0 Å². The number of rotatable bonds is 3. The van der Waals surface area contributed by atoms with Crippen molar-refractivity contribution in [2.24, 2.45) is 0 Å². The van der Waals surface area contributed by atoms with E-state index in [0.29, 0.717) is 11.4 Å². The average molecular weight is 243 g/mol. The largest absolute Gasteiger partial charge is 0.397 e. The number of nitrogens with one attached hydrogen (secondary N) is 1. The molecule has 0 aromatic heterocycles. The molecule has 0 spiro atoms. The monoisotopic (exact) mass is 243 g/mol. The van der Waals surface area contributed by atoms with Crippen molar-refractivity contribution < 1.29 is 4.92 Å². The molecular weight excluding hydrogens is 230 g/mol. The molecule has 0 atom stereocenters. The first-order valence-electron chi connectivity index (χ1n) is 5.44. The normalized spacial score (nSPS) is 10.1. The van der Waals surface area contributed by atoms with Crippen molar-refractivity contribution in [2.75, 3.05) is 11.1 Å². The third-order valence-electron chi connectivity index (χ3n) is 2.58. The Morgan fingerprint density at radius 3 is 2.44 bits per heavy atom. The molecule has 0 saturated heterocycles. The number of nitro groups is 1. The van der Waals surface area contributed by atoms with E-state index in [0.717, 1.165) is 11.3 Å². The first-order chi connectivity index (χ1) is 8.56. The maximum atomic E-state index is 10.7. The molecular formula is C13H13N3O2. The van der Waals surface area contributed by atoms with Gasteiger partial charge in [0.15, 0.2) is 0 Å². The van der Waals surface area contributed by atoms with Gasteiger partial charge in [0, 0.05) is 17.8 Å². The molecule has 2 aromatic rings. The Kier molecular flexibility index (Phi) is 3.14. The van der Waals surface area contributed by atoms with Crippen LogP contribution in [0.4, 0.5) is 22.7 Å². The molecule has 5 nitrogen and oxygen atoms in total. The fourth-order valence-electron chi connectivity index (χ4n) is 1.56. The Hall–Kier alpha value is -2.56. The lowest BCUT2D eigenvalue weighted by atomic mass is 10.2. The van der Waals surface area contributed by atoms with E-state index >= 15 is 0 Å². The number of nitrogens with zero attached hydrogens (tertiary/aromatic N) is 1. The van der Waals surface area contributed by atoms with Gasteiger partial charge < -0.3 is 11.1 Å². The maximum absolute atomic E-state index is 10.7. The minimum atomic E-state index is -0.445. The Balaban J connectivity index is 2.30. The van der Waals surface area contributed by atoms with Crippen molar-refractivity contribution in [2.45, 2.75) is 6.92 Å². The molecule has 2 aromatic carbocycles. The van der Waals surface area contributed by atoms with Crippen LogP contribution < -0.4 is 11.1 Å². The summed E-state index contributed by atoms with van der Waals surface area (Å²) >= 11 is 0. The van der Waals surface area contributed by atoms with E-state index in [1.165, 1.54) is 18.2 Å². The van der Waals surface area contributed by atoms with Crippen molar-refractivity contribution in [3.05, 3.63) is 58.1 Å². The van der Waals surface area contributed by atoms with Gasteiger partial charge in [-0.05, 0) is 25.1 Å². The lowest BCUT2D eigenvalue weighted by Gasteiger charge is -2.09. The molecule has 3 N–H and O–H groups in total. The van der Waals surface area contributed by atoms with Crippen molar-refractivity contribution >= 4 is 22.7 Å². The molecule has 0 unspecified atom stereocenters.